The average molecular weight is 262 g/mol. The third-order valence-corrected chi connectivity index (χ3v) is 0. The minimum absolute atomic E-state index is 0. The van der Waals surface area contributed by atoms with Gasteiger partial charge in [0.15, 0.2) is 0 Å². The minimum atomic E-state index is -6.17. The van der Waals surface area contributed by atoms with E-state index >= 15 is 0 Å². The van der Waals surface area contributed by atoms with E-state index < -0.39 is 16.7 Å². The van der Waals surface area contributed by atoms with Crippen LogP contribution in [0.4, 0.5) is 0 Å². The molecule has 0 N–H and O–H groups in total. The van der Waals surface area contributed by atoms with Crippen molar-refractivity contribution in [3.63, 3.8) is 0 Å². The fraction of sp³-hybridized carbons (Fsp3) is 0. The summed E-state index contributed by atoms with van der Waals surface area (Å²) in [5.74, 6) is 0. The van der Waals surface area contributed by atoms with Crippen molar-refractivity contribution in [2.24, 2.45) is 0 Å². The molecule has 0 spiro atoms. The van der Waals surface area contributed by atoms with E-state index in [1.165, 1.54) is 0 Å². The van der Waals surface area contributed by atoms with Gasteiger partial charge in [0.25, 0.3) is 0 Å². The third kappa shape index (κ3) is 110. The van der Waals surface area contributed by atoms with Crippen molar-refractivity contribution in [1.29, 1.82) is 0 Å². The van der Waals surface area contributed by atoms with E-state index in [9.17, 15) is 0 Å². The molecular weight excluding hydrogens is 262 g/mol. The summed E-state index contributed by atoms with van der Waals surface area (Å²) < 4.78 is 34.6. The molecule has 0 aliphatic heterocycles. The Morgan fingerprint density at radius 1 is 1.00 bits per heavy atom. The van der Waals surface area contributed by atoms with Crippen molar-refractivity contribution in [1.82, 2.24) is 0 Å². The van der Waals surface area contributed by atoms with Gasteiger partial charge in [-0.2, -0.15) is 0 Å². The van der Waals surface area contributed by atoms with Crippen LogP contribution in [0.25, 0.3) is 0 Å². The summed E-state index contributed by atoms with van der Waals surface area (Å²) in [6.45, 7) is 0. The van der Waals surface area contributed by atoms with Crippen LogP contribution in [0.3, 0.4) is 0 Å². The standard InChI is InChI=1S/2Li.4O.W/q2*+1;;;2*-1;. The first kappa shape index (κ1) is 15.8. The molecule has 0 atom stereocenters. The zero-order valence-corrected chi connectivity index (χ0v) is 6.97. The molecule has 7 heavy (non-hydrogen) atoms. The van der Waals surface area contributed by atoms with Crippen LogP contribution >= 0.6 is 0 Å². The molecule has 7 heteroatoms. The second-order valence-electron chi connectivity index (χ2n) is 0.408. The molecule has 0 aliphatic carbocycles. The van der Waals surface area contributed by atoms with Gasteiger partial charge in [0.2, 0.25) is 0 Å². The van der Waals surface area contributed by atoms with Crippen LogP contribution < -0.4 is 45.2 Å². The Kier molecular flexibility index (Phi) is 12.5. The van der Waals surface area contributed by atoms with Crippen LogP contribution in [-0.4, -0.2) is 0 Å². The first-order chi connectivity index (χ1) is 2.00. The molecule has 0 aliphatic rings. The van der Waals surface area contributed by atoms with E-state index in [2.05, 4.69) is 0 Å². The Labute approximate surface area is 68.4 Å². The monoisotopic (exact) mass is 262 g/mol. The second kappa shape index (κ2) is 5.54. The Hall–Kier alpha value is 1.40. The van der Waals surface area contributed by atoms with Crippen molar-refractivity contribution in [2.45, 2.75) is 0 Å². The molecule has 0 fully saturated rings. The molecule has 0 heterocycles. The van der Waals surface area contributed by atoms with Gasteiger partial charge in [-0.3, -0.25) is 0 Å². The van der Waals surface area contributed by atoms with Gasteiger partial charge < -0.3 is 0 Å². The fourth-order valence-corrected chi connectivity index (χ4v) is 0. The number of hydrogen-bond donors (Lipinski definition) is 0. The van der Waals surface area contributed by atoms with Gasteiger partial charge in [0.1, 0.15) is 0 Å². The molecule has 4 nitrogen and oxygen atoms in total. The van der Waals surface area contributed by atoms with Gasteiger partial charge in [-0.05, 0) is 0 Å². The second-order valence-corrected chi connectivity index (χ2v) is 3.34. The predicted molar refractivity (Wildman–Crippen MR) is 1.37 cm³/mol. The van der Waals surface area contributed by atoms with Crippen molar-refractivity contribution in [3.8, 4) is 0 Å². The van der Waals surface area contributed by atoms with E-state index in [0.717, 1.165) is 0 Å². The quantitative estimate of drug-likeness (QED) is 0.406. The zero-order valence-electron chi connectivity index (χ0n) is 4.04. The topological polar surface area (TPSA) is 80.3 Å². The maximum atomic E-state index is 8.65. The van der Waals surface area contributed by atoms with E-state index in [-0.39, 0.29) is 37.7 Å². The SMILES string of the molecule is [Li+].[Li+].[O]=[W](=[O])([O-])[O-]. The molecule has 0 amide bonds. The van der Waals surface area contributed by atoms with Crippen molar-refractivity contribution in [3.05, 3.63) is 0 Å². The Morgan fingerprint density at radius 3 is 1.00 bits per heavy atom. The molecule has 0 aromatic heterocycles. The molecule has 0 aromatic carbocycles. The van der Waals surface area contributed by atoms with Gasteiger partial charge in [-0.15, -0.1) is 0 Å². The maximum absolute atomic E-state index is 8.65. The van der Waals surface area contributed by atoms with Crippen molar-refractivity contribution in [2.75, 3.05) is 0 Å². The Balaban J connectivity index is -0.0000000800. The summed E-state index contributed by atoms with van der Waals surface area (Å²) >= 11 is -6.17. The molecule has 0 bridgehead atoms. The zero-order chi connectivity index (χ0) is 4.50. The predicted octanol–water partition coefficient (Wildman–Crippen LogP) is -8.61. The van der Waals surface area contributed by atoms with Crippen LogP contribution in [0.5, 0.6) is 0 Å². The molecular formula is Li2O4W. The fourth-order valence-electron chi connectivity index (χ4n) is 0. The Morgan fingerprint density at radius 2 is 1.00 bits per heavy atom. The molecule has 32 valence electrons. The summed E-state index contributed by atoms with van der Waals surface area (Å²) in [4.78, 5) is 0. The van der Waals surface area contributed by atoms with Gasteiger partial charge in [-0.1, -0.05) is 0 Å². The molecule has 0 saturated carbocycles. The summed E-state index contributed by atoms with van der Waals surface area (Å²) in [5, 5.41) is 0. The van der Waals surface area contributed by atoms with Crippen molar-refractivity contribution < 1.29 is 68.8 Å². The first-order valence-electron chi connectivity index (χ1n) is 0.667. The third-order valence-electron chi connectivity index (χ3n) is 0. The summed E-state index contributed by atoms with van der Waals surface area (Å²) in [6, 6.07) is 0. The van der Waals surface area contributed by atoms with E-state index in [4.69, 9.17) is 14.3 Å². The number of rotatable bonds is 0. The van der Waals surface area contributed by atoms with Crippen LogP contribution in [-0.2, 0) is 23.5 Å². The normalized spacial score (nSPS) is 8.29. The summed E-state index contributed by atoms with van der Waals surface area (Å²) in [6.07, 6.45) is 0. The van der Waals surface area contributed by atoms with E-state index in [1.807, 2.05) is 0 Å². The van der Waals surface area contributed by atoms with Gasteiger partial charge in [0.05, 0.1) is 0 Å². The molecule has 0 aromatic rings. The average Bonchev–Trinajstić information content (AvgIpc) is 0.722. The van der Waals surface area contributed by atoms with Crippen LogP contribution in [0.15, 0.2) is 0 Å². The van der Waals surface area contributed by atoms with E-state index in [0.29, 0.717) is 0 Å². The van der Waals surface area contributed by atoms with Crippen LogP contribution in [0.2, 0.25) is 0 Å². The first-order valence-corrected chi connectivity index (χ1v) is 5.46. The van der Waals surface area contributed by atoms with Crippen LogP contribution in [0, 0.1) is 0 Å². The van der Waals surface area contributed by atoms with Crippen LogP contribution in [0.1, 0.15) is 0 Å². The molecule has 0 saturated heterocycles. The summed E-state index contributed by atoms with van der Waals surface area (Å²) in [5.41, 5.74) is 0. The van der Waals surface area contributed by atoms with Crippen molar-refractivity contribution >= 4 is 0 Å². The summed E-state index contributed by atoms with van der Waals surface area (Å²) in [7, 11) is 0. The van der Waals surface area contributed by atoms with Gasteiger partial charge >= 0.3 is 68.8 Å². The van der Waals surface area contributed by atoms with Gasteiger partial charge in [-0.25, -0.2) is 0 Å². The van der Waals surface area contributed by atoms with E-state index in [1.54, 1.807) is 0 Å². The Bertz CT molecular complexity index is 92.9. The molecule has 0 unspecified atom stereocenters. The van der Waals surface area contributed by atoms with Gasteiger partial charge in [0, 0.05) is 0 Å². The molecule has 0 radical (unpaired) electrons. The molecule has 0 rings (SSSR count). The number of hydrogen-bond acceptors (Lipinski definition) is 4.